The van der Waals surface area contributed by atoms with E-state index in [1.807, 2.05) is 0 Å². The first-order chi connectivity index (χ1) is 6.85. The lowest BCUT2D eigenvalue weighted by Gasteiger charge is -1.99. The number of allylic oxidation sites excluding steroid dienone is 2. The van der Waals surface area contributed by atoms with Crippen molar-refractivity contribution in [1.82, 2.24) is 0 Å². The Morgan fingerprint density at radius 2 is 2.21 bits per heavy atom. The number of hydrogen-bond donors (Lipinski definition) is 0. The first-order valence-electron chi connectivity index (χ1n) is 5.18. The summed E-state index contributed by atoms with van der Waals surface area (Å²) in [4.78, 5) is 4.22. The van der Waals surface area contributed by atoms with Crippen LogP contribution in [0.2, 0.25) is 0 Å². The molecule has 0 aromatic carbocycles. The lowest BCUT2D eigenvalue weighted by molar-refractivity contribution is 0.224. The molecule has 0 bridgehead atoms. The summed E-state index contributed by atoms with van der Waals surface area (Å²) in [6, 6.07) is 0. The molecule has 2 nitrogen and oxygen atoms in total. The maximum absolute atomic E-state index is 5.04. The van der Waals surface area contributed by atoms with Gasteiger partial charge in [0.15, 0.2) is 0 Å². The number of hydrogen-bond acceptors (Lipinski definition) is 2. The molecule has 0 atom stereocenters. The smallest absolute Gasteiger partial charge is 0.0880 e. The number of rotatable bonds is 8. The minimum Gasteiger partial charge on any atom is -0.378 e. The highest BCUT2D eigenvalue weighted by Gasteiger charge is 1.91. The number of methoxy groups -OCH3 is 1. The molecule has 0 unspecified atom stereocenters. The summed E-state index contributed by atoms with van der Waals surface area (Å²) >= 11 is 0. The number of aliphatic imine (C=N–C) groups is 1. The van der Waals surface area contributed by atoms with E-state index in [-0.39, 0.29) is 0 Å². The second kappa shape index (κ2) is 10.2. The van der Waals surface area contributed by atoms with Crippen molar-refractivity contribution in [2.24, 2.45) is 4.99 Å². The molecule has 0 rings (SSSR count). The van der Waals surface area contributed by atoms with Gasteiger partial charge in [0.1, 0.15) is 0 Å². The molecule has 0 fully saturated rings. The maximum Gasteiger partial charge on any atom is 0.0880 e. The molecule has 0 saturated heterocycles. The lowest BCUT2D eigenvalue weighted by atomic mass is 10.2. The van der Waals surface area contributed by atoms with Crippen molar-refractivity contribution in [1.29, 1.82) is 0 Å². The van der Waals surface area contributed by atoms with Crippen LogP contribution in [0.1, 0.15) is 32.6 Å². The van der Waals surface area contributed by atoms with Crippen LogP contribution in [0.15, 0.2) is 29.4 Å². The molecule has 14 heavy (non-hydrogen) atoms. The Morgan fingerprint density at radius 3 is 2.79 bits per heavy atom. The molecular formula is C12H21NO. The van der Waals surface area contributed by atoms with Crippen LogP contribution in [0.4, 0.5) is 0 Å². The van der Waals surface area contributed by atoms with Crippen LogP contribution in [-0.2, 0) is 4.74 Å². The highest BCUT2D eigenvalue weighted by molar-refractivity contribution is 5.71. The summed E-state index contributed by atoms with van der Waals surface area (Å²) in [6.07, 6.45) is 10.4. The van der Waals surface area contributed by atoms with Gasteiger partial charge >= 0.3 is 0 Å². The predicted molar refractivity (Wildman–Crippen MR) is 62.8 cm³/mol. The van der Waals surface area contributed by atoms with E-state index >= 15 is 0 Å². The van der Waals surface area contributed by atoms with Crippen molar-refractivity contribution >= 4 is 6.21 Å². The van der Waals surface area contributed by atoms with Crippen molar-refractivity contribution in [3.05, 3.63) is 24.4 Å². The molecule has 0 saturated carbocycles. The normalized spacial score (nSPS) is 12.3. The minimum absolute atomic E-state index is 0.580. The molecule has 0 radical (unpaired) electrons. The van der Waals surface area contributed by atoms with Crippen LogP contribution in [0.25, 0.3) is 0 Å². The van der Waals surface area contributed by atoms with E-state index in [0.29, 0.717) is 6.61 Å². The van der Waals surface area contributed by atoms with Gasteiger partial charge < -0.3 is 4.74 Å². The third-order valence-electron chi connectivity index (χ3n) is 1.83. The molecule has 0 aliphatic carbocycles. The number of ether oxygens (including phenoxy) is 1. The van der Waals surface area contributed by atoms with Crippen molar-refractivity contribution < 1.29 is 4.74 Å². The molecule has 0 spiro atoms. The standard InChI is InChI=1S/C12H21NO/c1-4-6-7-8-9-12(11-14-3)13-10-5-2/h5,9-10H,2,4,6-8,11H2,1,3H3/b12-9-,13-10?. The Labute approximate surface area is 87.4 Å². The van der Waals surface area contributed by atoms with Gasteiger partial charge in [-0.15, -0.1) is 0 Å². The van der Waals surface area contributed by atoms with Crippen LogP contribution in [0.5, 0.6) is 0 Å². The molecule has 0 heterocycles. The van der Waals surface area contributed by atoms with E-state index in [1.54, 1.807) is 19.4 Å². The third kappa shape index (κ3) is 7.74. The van der Waals surface area contributed by atoms with Crippen molar-refractivity contribution in [2.75, 3.05) is 13.7 Å². The van der Waals surface area contributed by atoms with E-state index in [4.69, 9.17) is 4.74 Å². The largest absolute Gasteiger partial charge is 0.378 e. The van der Waals surface area contributed by atoms with E-state index in [1.165, 1.54) is 19.3 Å². The van der Waals surface area contributed by atoms with Gasteiger partial charge in [-0.2, -0.15) is 0 Å². The Balaban J connectivity index is 3.90. The number of nitrogens with zero attached hydrogens (tertiary/aromatic N) is 1. The Bertz CT molecular complexity index is 194. The summed E-state index contributed by atoms with van der Waals surface area (Å²) in [6.45, 7) is 6.37. The first-order valence-corrected chi connectivity index (χ1v) is 5.18. The molecule has 0 aliphatic rings. The van der Waals surface area contributed by atoms with Crippen LogP contribution >= 0.6 is 0 Å². The summed E-state index contributed by atoms with van der Waals surface area (Å²) in [5.74, 6) is 0. The molecule has 2 heteroatoms. The van der Waals surface area contributed by atoms with E-state index in [2.05, 4.69) is 24.6 Å². The van der Waals surface area contributed by atoms with Crippen LogP contribution < -0.4 is 0 Å². The SMILES string of the molecule is C=CC=N/C(=C\CCCCC)COC. The van der Waals surface area contributed by atoms with Crippen molar-refractivity contribution in [2.45, 2.75) is 32.6 Å². The van der Waals surface area contributed by atoms with Gasteiger partial charge in [-0.25, -0.2) is 0 Å². The highest BCUT2D eigenvalue weighted by atomic mass is 16.5. The van der Waals surface area contributed by atoms with Gasteiger partial charge in [0.25, 0.3) is 0 Å². The molecular weight excluding hydrogens is 174 g/mol. The zero-order chi connectivity index (χ0) is 10.6. The Hall–Kier alpha value is -0.890. The highest BCUT2D eigenvalue weighted by Crippen LogP contribution is 2.04. The van der Waals surface area contributed by atoms with Gasteiger partial charge in [-0.3, -0.25) is 4.99 Å². The van der Waals surface area contributed by atoms with E-state index in [0.717, 1.165) is 12.1 Å². The molecule has 0 aromatic heterocycles. The van der Waals surface area contributed by atoms with Gasteiger partial charge in [-0.1, -0.05) is 38.5 Å². The van der Waals surface area contributed by atoms with Crippen LogP contribution in [0, 0.1) is 0 Å². The predicted octanol–water partition coefficient (Wildman–Crippen LogP) is 3.35. The zero-order valence-corrected chi connectivity index (χ0v) is 9.33. The monoisotopic (exact) mass is 195 g/mol. The van der Waals surface area contributed by atoms with Gasteiger partial charge in [0.2, 0.25) is 0 Å². The van der Waals surface area contributed by atoms with E-state index < -0.39 is 0 Å². The van der Waals surface area contributed by atoms with E-state index in [9.17, 15) is 0 Å². The Kier molecular flexibility index (Phi) is 9.54. The van der Waals surface area contributed by atoms with Gasteiger partial charge in [0.05, 0.1) is 12.3 Å². The molecule has 0 amide bonds. The van der Waals surface area contributed by atoms with Crippen molar-refractivity contribution in [3.63, 3.8) is 0 Å². The second-order valence-electron chi connectivity index (χ2n) is 3.14. The van der Waals surface area contributed by atoms with Gasteiger partial charge in [0, 0.05) is 13.3 Å². The van der Waals surface area contributed by atoms with Gasteiger partial charge in [-0.05, 0) is 12.8 Å². The van der Waals surface area contributed by atoms with Crippen molar-refractivity contribution in [3.8, 4) is 0 Å². The molecule has 80 valence electrons. The summed E-state index contributed by atoms with van der Waals surface area (Å²) in [5, 5.41) is 0. The average molecular weight is 195 g/mol. The fourth-order valence-corrected chi connectivity index (χ4v) is 1.11. The summed E-state index contributed by atoms with van der Waals surface area (Å²) in [5.41, 5.74) is 0.989. The molecule has 0 N–H and O–H groups in total. The second-order valence-corrected chi connectivity index (χ2v) is 3.14. The fourth-order valence-electron chi connectivity index (χ4n) is 1.11. The summed E-state index contributed by atoms with van der Waals surface area (Å²) in [7, 11) is 1.68. The average Bonchev–Trinajstić information content (AvgIpc) is 2.20. The minimum atomic E-state index is 0.580. The zero-order valence-electron chi connectivity index (χ0n) is 9.33. The number of unbranched alkanes of at least 4 members (excludes halogenated alkanes) is 3. The molecule has 0 aromatic rings. The fraction of sp³-hybridized carbons (Fsp3) is 0.583. The summed E-state index contributed by atoms with van der Waals surface area (Å²) < 4.78 is 5.04. The third-order valence-corrected chi connectivity index (χ3v) is 1.83. The maximum atomic E-state index is 5.04. The topological polar surface area (TPSA) is 21.6 Å². The van der Waals surface area contributed by atoms with Crippen LogP contribution in [-0.4, -0.2) is 19.9 Å². The Morgan fingerprint density at radius 1 is 1.43 bits per heavy atom. The first kappa shape index (κ1) is 13.1. The molecule has 0 aliphatic heterocycles. The quantitative estimate of drug-likeness (QED) is 0.430. The van der Waals surface area contributed by atoms with Crippen LogP contribution in [0.3, 0.4) is 0 Å². The lowest BCUT2D eigenvalue weighted by Crippen LogP contribution is -1.92.